The Bertz CT molecular complexity index is 580. The summed E-state index contributed by atoms with van der Waals surface area (Å²) >= 11 is 0. The summed E-state index contributed by atoms with van der Waals surface area (Å²) in [7, 11) is 0. The van der Waals surface area contributed by atoms with Crippen LogP contribution in [0.3, 0.4) is 0 Å². The van der Waals surface area contributed by atoms with Crippen molar-refractivity contribution >= 4 is 5.91 Å². The Balaban J connectivity index is 1.90. The third-order valence-corrected chi connectivity index (χ3v) is 2.27. The van der Waals surface area contributed by atoms with Gasteiger partial charge < -0.3 is 5.32 Å². The molecule has 0 fully saturated rings. The Kier molecular flexibility index (Phi) is 3.80. The highest BCUT2D eigenvalue weighted by Crippen LogP contribution is 1.91. The third kappa shape index (κ3) is 3.24. The molecule has 2 aromatic heterocycles. The molecular weight excluding hydrogens is 232 g/mol. The molecule has 1 amide bonds. The smallest absolute Gasteiger partial charge is 0.267 e. The summed E-state index contributed by atoms with van der Waals surface area (Å²) in [4.78, 5) is 27.0. The lowest BCUT2D eigenvalue weighted by molar-refractivity contribution is -0.122. The van der Waals surface area contributed by atoms with Crippen LogP contribution in [0.25, 0.3) is 0 Å². The van der Waals surface area contributed by atoms with Gasteiger partial charge in [0.2, 0.25) is 5.91 Å². The van der Waals surface area contributed by atoms with E-state index in [9.17, 15) is 9.59 Å². The van der Waals surface area contributed by atoms with E-state index in [1.807, 2.05) is 12.1 Å². The maximum Gasteiger partial charge on any atom is 0.267 e. The van der Waals surface area contributed by atoms with Crippen molar-refractivity contribution in [3.63, 3.8) is 0 Å². The van der Waals surface area contributed by atoms with Crippen LogP contribution in [-0.2, 0) is 17.9 Å². The molecule has 0 unspecified atom stereocenters. The third-order valence-electron chi connectivity index (χ3n) is 2.27. The second-order valence-electron chi connectivity index (χ2n) is 3.62. The van der Waals surface area contributed by atoms with Gasteiger partial charge in [0, 0.05) is 18.5 Å². The number of carbonyl (C=O) groups excluding carboxylic acids is 1. The lowest BCUT2D eigenvalue weighted by Crippen LogP contribution is -2.33. The number of nitrogens with zero attached hydrogens (tertiary/aromatic N) is 3. The van der Waals surface area contributed by atoms with Gasteiger partial charge in [0.25, 0.3) is 5.56 Å². The van der Waals surface area contributed by atoms with Crippen LogP contribution in [0.15, 0.2) is 47.5 Å². The molecule has 6 nitrogen and oxygen atoms in total. The van der Waals surface area contributed by atoms with E-state index in [1.165, 1.54) is 18.3 Å². The van der Waals surface area contributed by atoms with Crippen LogP contribution in [0.5, 0.6) is 0 Å². The maximum absolute atomic E-state index is 11.6. The summed E-state index contributed by atoms with van der Waals surface area (Å²) in [6.45, 7) is 0.244. The maximum atomic E-state index is 11.6. The minimum absolute atomic E-state index is 0.0908. The van der Waals surface area contributed by atoms with Gasteiger partial charge in [-0.2, -0.15) is 5.10 Å². The van der Waals surface area contributed by atoms with Crippen molar-refractivity contribution in [3.8, 4) is 0 Å². The summed E-state index contributed by atoms with van der Waals surface area (Å²) in [6.07, 6.45) is 3.12. The fourth-order valence-corrected chi connectivity index (χ4v) is 1.39. The SMILES string of the molecule is O=C(Cn1ncccc1=O)NCc1ccccn1. The Morgan fingerprint density at radius 2 is 2.11 bits per heavy atom. The number of aromatic nitrogens is 3. The van der Waals surface area contributed by atoms with Crippen molar-refractivity contribution in [1.82, 2.24) is 20.1 Å². The Morgan fingerprint density at radius 1 is 1.22 bits per heavy atom. The zero-order valence-corrected chi connectivity index (χ0v) is 9.61. The lowest BCUT2D eigenvalue weighted by Gasteiger charge is -2.05. The van der Waals surface area contributed by atoms with Gasteiger partial charge in [0.1, 0.15) is 6.54 Å². The highest BCUT2D eigenvalue weighted by atomic mass is 16.2. The molecule has 6 heteroatoms. The van der Waals surface area contributed by atoms with Gasteiger partial charge in [-0.15, -0.1) is 0 Å². The van der Waals surface area contributed by atoms with Crippen LogP contribution in [0.1, 0.15) is 5.69 Å². The molecule has 0 aliphatic carbocycles. The van der Waals surface area contributed by atoms with Gasteiger partial charge in [0.05, 0.1) is 12.2 Å². The zero-order valence-electron chi connectivity index (χ0n) is 9.61. The van der Waals surface area contributed by atoms with Crippen LogP contribution < -0.4 is 10.9 Å². The molecule has 0 radical (unpaired) electrons. The largest absolute Gasteiger partial charge is 0.349 e. The Labute approximate surface area is 103 Å². The van der Waals surface area contributed by atoms with Crippen molar-refractivity contribution in [3.05, 3.63) is 58.8 Å². The highest BCUT2D eigenvalue weighted by Gasteiger charge is 2.04. The fourth-order valence-electron chi connectivity index (χ4n) is 1.39. The number of rotatable bonds is 4. The van der Waals surface area contributed by atoms with Crippen molar-refractivity contribution in [2.45, 2.75) is 13.1 Å². The summed E-state index contributed by atoms with van der Waals surface area (Å²) in [5, 5.41) is 6.47. The Morgan fingerprint density at radius 3 is 2.83 bits per heavy atom. The number of carbonyl (C=O) groups is 1. The second kappa shape index (κ2) is 5.72. The average molecular weight is 244 g/mol. The highest BCUT2D eigenvalue weighted by molar-refractivity contribution is 5.75. The molecule has 0 aromatic carbocycles. The molecule has 0 aliphatic rings. The zero-order chi connectivity index (χ0) is 12.8. The van der Waals surface area contributed by atoms with Gasteiger partial charge in [-0.3, -0.25) is 14.6 Å². The van der Waals surface area contributed by atoms with E-state index in [-0.39, 0.29) is 18.0 Å². The number of nitrogens with one attached hydrogen (secondary N) is 1. The van der Waals surface area contributed by atoms with Gasteiger partial charge in [-0.25, -0.2) is 4.68 Å². The van der Waals surface area contributed by atoms with E-state index in [0.29, 0.717) is 6.54 Å². The van der Waals surface area contributed by atoms with Crippen molar-refractivity contribution in [2.75, 3.05) is 0 Å². The second-order valence-corrected chi connectivity index (χ2v) is 3.62. The van der Waals surface area contributed by atoms with Crippen LogP contribution in [0, 0.1) is 0 Å². The fraction of sp³-hybridized carbons (Fsp3) is 0.167. The molecule has 0 saturated carbocycles. The summed E-state index contributed by atoms with van der Waals surface area (Å²) in [5.41, 5.74) is 0.463. The van der Waals surface area contributed by atoms with Crippen molar-refractivity contribution < 1.29 is 4.79 Å². The average Bonchev–Trinajstić information content (AvgIpc) is 2.40. The molecule has 2 aromatic rings. The molecule has 2 rings (SSSR count). The van der Waals surface area contributed by atoms with Gasteiger partial charge in [-0.05, 0) is 18.2 Å². The van der Waals surface area contributed by atoms with E-state index in [1.54, 1.807) is 12.3 Å². The molecule has 0 atom stereocenters. The van der Waals surface area contributed by atoms with Crippen molar-refractivity contribution in [1.29, 1.82) is 0 Å². The molecule has 1 N–H and O–H groups in total. The van der Waals surface area contributed by atoms with Crippen LogP contribution in [0.2, 0.25) is 0 Å². The monoisotopic (exact) mass is 244 g/mol. The lowest BCUT2D eigenvalue weighted by atomic mass is 10.3. The topological polar surface area (TPSA) is 76.9 Å². The molecule has 0 spiro atoms. The Hall–Kier alpha value is -2.50. The van der Waals surface area contributed by atoms with Gasteiger partial charge >= 0.3 is 0 Å². The van der Waals surface area contributed by atoms with E-state index < -0.39 is 0 Å². The first-order chi connectivity index (χ1) is 8.75. The van der Waals surface area contributed by atoms with Crippen LogP contribution in [0.4, 0.5) is 0 Å². The molecule has 92 valence electrons. The number of hydrogen-bond donors (Lipinski definition) is 1. The molecular formula is C12H12N4O2. The minimum Gasteiger partial charge on any atom is -0.349 e. The minimum atomic E-state index is -0.300. The van der Waals surface area contributed by atoms with Crippen LogP contribution in [-0.4, -0.2) is 20.7 Å². The first kappa shape index (κ1) is 12.0. The number of amides is 1. The molecule has 18 heavy (non-hydrogen) atoms. The molecule has 0 saturated heterocycles. The first-order valence-corrected chi connectivity index (χ1v) is 5.44. The summed E-state index contributed by atoms with van der Waals surface area (Å²) < 4.78 is 1.10. The van der Waals surface area contributed by atoms with E-state index in [4.69, 9.17) is 0 Å². The number of pyridine rings is 1. The summed E-state index contributed by atoms with van der Waals surface area (Å²) in [6, 6.07) is 8.35. The summed E-state index contributed by atoms with van der Waals surface area (Å²) in [5.74, 6) is -0.276. The van der Waals surface area contributed by atoms with Crippen LogP contribution >= 0.6 is 0 Å². The van der Waals surface area contributed by atoms with E-state index in [2.05, 4.69) is 15.4 Å². The van der Waals surface area contributed by atoms with Gasteiger partial charge in [0.15, 0.2) is 0 Å². The predicted molar refractivity (Wildman–Crippen MR) is 64.6 cm³/mol. The predicted octanol–water partition coefficient (Wildman–Crippen LogP) is -0.0453. The molecule has 0 aliphatic heterocycles. The van der Waals surface area contributed by atoms with Crippen molar-refractivity contribution in [2.24, 2.45) is 0 Å². The standard InChI is InChI=1S/C12H12N4O2/c17-11(9-16-12(18)5-3-7-15-16)14-8-10-4-1-2-6-13-10/h1-7H,8-9H2,(H,14,17). The van der Waals surface area contributed by atoms with Gasteiger partial charge in [-0.1, -0.05) is 6.07 Å². The van der Waals surface area contributed by atoms with E-state index in [0.717, 1.165) is 10.4 Å². The van der Waals surface area contributed by atoms with E-state index >= 15 is 0 Å². The first-order valence-electron chi connectivity index (χ1n) is 5.44. The quantitative estimate of drug-likeness (QED) is 0.818. The molecule has 2 heterocycles. The molecule has 0 bridgehead atoms. The number of hydrogen-bond acceptors (Lipinski definition) is 4. The normalized spacial score (nSPS) is 10.0.